The number of rotatable bonds is 11. The maximum absolute atomic E-state index is 13.3. The SMILES string of the molecule is CC/C=C\CCOC(=O)c1ccccc1N=C1O/C(=C/c2ccc(N(c3ccccc3)c3ccccc3)cc2)C(=O)N1CC. The van der Waals surface area contributed by atoms with E-state index in [9.17, 15) is 9.59 Å². The van der Waals surface area contributed by atoms with Crippen LogP contribution in [0.15, 0.2) is 132 Å². The monoisotopic (exact) mass is 585 g/mol. The van der Waals surface area contributed by atoms with Crippen LogP contribution in [0.5, 0.6) is 0 Å². The van der Waals surface area contributed by atoms with Gasteiger partial charge in [0, 0.05) is 23.6 Å². The van der Waals surface area contributed by atoms with Crippen molar-refractivity contribution in [2.45, 2.75) is 26.7 Å². The number of benzene rings is 4. The Morgan fingerprint density at radius 2 is 1.43 bits per heavy atom. The number of amidine groups is 1. The molecule has 1 amide bonds. The number of nitrogens with zero attached hydrogens (tertiary/aromatic N) is 3. The summed E-state index contributed by atoms with van der Waals surface area (Å²) in [6.07, 6.45) is 7.30. The molecule has 5 rings (SSSR count). The van der Waals surface area contributed by atoms with Crippen LogP contribution in [0.2, 0.25) is 0 Å². The molecule has 0 spiro atoms. The van der Waals surface area contributed by atoms with E-state index in [4.69, 9.17) is 9.47 Å². The van der Waals surface area contributed by atoms with Crippen molar-refractivity contribution in [1.82, 2.24) is 4.90 Å². The first-order chi connectivity index (χ1) is 21.6. The largest absolute Gasteiger partial charge is 0.462 e. The van der Waals surface area contributed by atoms with E-state index in [0.717, 1.165) is 29.0 Å². The zero-order valence-corrected chi connectivity index (χ0v) is 24.9. The van der Waals surface area contributed by atoms with Gasteiger partial charge in [-0.15, -0.1) is 0 Å². The third-order valence-electron chi connectivity index (χ3n) is 6.94. The lowest BCUT2D eigenvalue weighted by atomic mass is 10.1. The van der Waals surface area contributed by atoms with Gasteiger partial charge in [0.1, 0.15) is 0 Å². The summed E-state index contributed by atoms with van der Waals surface area (Å²) in [6, 6.07) is 35.2. The molecule has 0 aromatic heterocycles. The van der Waals surface area contributed by atoms with Crippen molar-refractivity contribution in [2.24, 2.45) is 4.99 Å². The summed E-state index contributed by atoms with van der Waals surface area (Å²) in [5.74, 6) is -0.615. The van der Waals surface area contributed by atoms with Gasteiger partial charge < -0.3 is 14.4 Å². The zero-order valence-electron chi connectivity index (χ0n) is 24.9. The summed E-state index contributed by atoms with van der Waals surface area (Å²) in [5, 5.41) is 0. The van der Waals surface area contributed by atoms with E-state index in [2.05, 4.69) is 41.1 Å². The van der Waals surface area contributed by atoms with Crippen molar-refractivity contribution >= 4 is 46.7 Å². The van der Waals surface area contributed by atoms with Crippen LogP contribution in [0.4, 0.5) is 22.7 Å². The van der Waals surface area contributed by atoms with Gasteiger partial charge in [0.05, 0.1) is 17.9 Å². The van der Waals surface area contributed by atoms with Crippen molar-refractivity contribution in [3.63, 3.8) is 0 Å². The smallest absolute Gasteiger partial charge is 0.340 e. The number of hydrogen-bond acceptors (Lipinski definition) is 6. The molecule has 1 fully saturated rings. The van der Waals surface area contributed by atoms with Gasteiger partial charge in [0.15, 0.2) is 5.76 Å². The highest BCUT2D eigenvalue weighted by Crippen LogP contribution is 2.34. The number of hydrogen-bond donors (Lipinski definition) is 0. The van der Waals surface area contributed by atoms with Gasteiger partial charge in [-0.3, -0.25) is 9.69 Å². The Balaban J connectivity index is 1.37. The molecule has 7 nitrogen and oxygen atoms in total. The summed E-state index contributed by atoms with van der Waals surface area (Å²) in [6.45, 7) is 4.53. The van der Waals surface area contributed by atoms with Gasteiger partial charge in [0.2, 0.25) is 0 Å². The van der Waals surface area contributed by atoms with E-state index in [-0.39, 0.29) is 24.3 Å². The number of aliphatic imine (C=N–C) groups is 1. The molecule has 7 heteroatoms. The van der Waals surface area contributed by atoms with E-state index in [1.54, 1.807) is 30.3 Å². The van der Waals surface area contributed by atoms with Crippen molar-refractivity contribution in [3.8, 4) is 0 Å². The first kappa shape index (κ1) is 30.0. The molecular formula is C37H35N3O4. The fourth-order valence-electron chi connectivity index (χ4n) is 4.77. The number of para-hydroxylation sites is 3. The van der Waals surface area contributed by atoms with E-state index < -0.39 is 5.97 Å². The molecule has 222 valence electrons. The standard InChI is InChI=1S/C37H35N3O4/c1-3-5-6-15-26-43-36(42)32-20-13-14-21-33(32)38-37-39(4-2)35(41)34(44-37)27-28-22-24-31(25-23-28)40(29-16-9-7-10-17-29)30-18-11-8-12-19-30/h5-14,16-25,27H,3-4,15,26H2,1-2H3/b6-5-,34-27+,38-37?. The molecule has 0 unspecified atom stereocenters. The van der Waals surface area contributed by atoms with Gasteiger partial charge in [-0.25, -0.2) is 4.79 Å². The lowest BCUT2D eigenvalue weighted by Gasteiger charge is -2.25. The molecule has 0 radical (unpaired) electrons. The van der Waals surface area contributed by atoms with Crippen LogP contribution in [0.25, 0.3) is 6.08 Å². The number of carbonyl (C=O) groups is 2. The summed E-state index contributed by atoms with van der Waals surface area (Å²) in [4.78, 5) is 34.3. The molecular weight excluding hydrogens is 550 g/mol. The molecule has 0 atom stereocenters. The first-order valence-corrected chi connectivity index (χ1v) is 14.8. The Morgan fingerprint density at radius 3 is 2.07 bits per heavy atom. The Morgan fingerprint density at radius 1 is 0.818 bits per heavy atom. The van der Waals surface area contributed by atoms with Crippen LogP contribution in [-0.2, 0) is 14.3 Å². The minimum atomic E-state index is -0.474. The van der Waals surface area contributed by atoms with Crippen molar-refractivity contribution < 1.29 is 19.1 Å². The highest BCUT2D eigenvalue weighted by Gasteiger charge is 2.34. The third-order valence-corrected chi connectivity index (χ3v) is 6.94. The maximum Gasteiger partial charge on any atom is 0.340 e. The topological polar surface area (TPSA) is 71.4 Å². The predicted octanol–water partition coefficient (Wildman–Crippen LogP) is 8.58. The second-order valence-corrected chi connectivity index (χ2v) is 9.97. The average Bonchev–Trinajstić information content (AvgIpc) is 3.35. The molecule has 4 aromatic rings. The normalized spacial score (nSPS) is 14.8. The van der Waals surface area contributed by atoms with Crippen LogP contribution in [0.1, 0.15) is 42.6 Å². The highest BCUT2D eigenvalue weighted by atomic mass is 16.5. The lowest BCUT2D eigenvalue weighted by molar-refractivity contribution is -0.122. The molecule has 0 N–H and O–H groups in total. The zero-order chi connectivity index (χ0) is 30.7. The van der Waals surface area contributed by atoms with Gasteiger partial charge in [-0.05, 0) is 79.9 Å². The van der Waals surface area contributed by atoms with E-state index in [1.807, 2.05) is 79.7 Å². The van der Waals surface area contributed by atoms with E-state index >= 15 is 0 Å². The molecule has 0 saturated carbocycles. The van der Waals surface area contributed by atoms with Crippen LogP contribution in [0, 0.1) is 0 Å². The van der Waals surface area contributed by atoms with Crippen molar-refractivity contribution in [3.05, 3.63) is 138 Å². The van der Waals surface area contributed by atoms with Crippen molar-refractivity contribution in [1.29, 1.82) is 0 Å². The van der Waals surface area contributed by atoms with E-state index in [1.165, 1.54) is 4.90 Å². The van der Waals surface area contributed by atoms with Crippen LogP contribution >= 0.6 is 0 Å². The predicted molar refractivity (Wildman–Crippen MR) is 175 cm³/mol. The molecule has 1 heterocycles. The number of amides is 1. The second kappa shape index (κ2) is 14.6. The number of esters is 1. The number of allylic oxidation sites excluding steroid dienone is 1. The molecule has 44 heavy (non-hydrogen) atoms. The summed E-state index contributed by atoms with van der Waals surface area (Å²) in [5.41, 5.74) is 4.53. The number of ether oxygens (including phenoxy) is 2. The maximum atomic E-state index is 13.3. The Kier molecular flexibility index (Phi) is 10.0. The molecule has 4 aromatic carbocycles. The summed E-state index contributed by atoms with van der Waals surface area (Å²) in [7, 11) is 0. The summed E-state index contributed by atoms with van der Waals surface area (Å²) >= 11 is 0. The molecule has 1 aliphatic rings. The van der Waals surface area contributed by atoms with Gasteiger partial charge in [-0.2, -0.15) is 4.99 Å². The Bertz CT molecular complexity index is 1620. The average molecular weight is 586 g/mol. The Labute approximate surface area is 258 Å². The number of carbonyl (C=O) groups excluding carboxylic acids is 2. The number of likely N-dealkylation sites (N-methyl/N-ethyl adjacent to an activating group) is 1. The minimum Gasteiger partial charge on any atom is -0.462 e. The fraction of sp³-hybridized carbons (Fsp3) is 0.162. The van der Waals surface area contributed by atoms with Gasteiger partial charge in [0.25, 0.3) is 5.91 Å². The van der Waals surface area contributed by atoms with Crippen LogP contribution in [-0.4, -0.2) is 35.9 Å². The fourth-order valence-corrected chi connectivity index (χ4v) is 4.77. The second-order valence-electron chi connectivity index (χ2n) is 9.97. The van der Waals surface area contributed by atoms with Gasteiger partial charge >= 0.3 is 12.0 Å². The molecule has 1 aliphatic heterocycles. The first-order valence-electron chi connectivity index (χ1n) is 14.8. The van der Waals surface area contributed by atoms with Crippen LogP contribution < -0.4 is 4.90 Å². The van der Waals surface area contributed by atoms with Crippen LogP contribution in [0.3, 0.4) is 0 Å². The highest BCUT2D eigenvalue weighted by molar-refractivity contribution is 6.12. The Hall–Kier alpha value is -5.43. The quantitative estimate of drug-likeness (QED) is 0.0763. The molecule has 0 aliphatic carbocycles. The third kappa shape index (κ3) is 7.13. The minimum absolute atomic E-state index is 0.117. The van der Waals surface area contributed by atoms with Crippen molar-refractivity contribution in [2.75, 3.05) is 18.1 Å². The van der Waals surface area contributed by atoms with E-state index in [0.29, 0.717) is 24.2 Å². The lowest BCUT2D eigenvalue weighted by Crippen LogP contribution is -2.29. The summed E-state index contributed by atoms with van der Waals surface area (Å²) < 4.78 is 11.4. The molecule has 0 bridgehead atoms. The number of anilines is 3. The molecule has 1 saturated heterocycles. The van der Waals surface area contributed by atoms with Gasteiger partial charge in [-0.1, -0.05) is 79.7 Å².